The molecular formula is C11H7F4NO. The number of rotatable bonds is 2. The second-order valence-electron chi connectivity index (χ2n) is 3.92. The Bertz CT molecular complexity index is 499. The zero-order valence-electron chi connectivity index (χ0n) is 8.51. The van der Waals surface area contributed by atoms with Gasteiger partial charge >= 0.3 is 6.18 Å². The third-order valence-electron chi connectivity index (χ3n) is 2.77. The highest BCUT2D eigenvalue weighted by molar-refractivity contribution is 5.45. The summed E-state index contributed by atoms with van der Waals surface area (Å²) in [5.41, 5.74) is -2.39. The van der Waals surface area contributed by atoms with Crippen LogP contribution in [0.3, 0.4) is 0 Å². The maximum Gasteiger partial charge on any atom is 0.416 e. The SMILES string of the molecule is O=C=NC1(c2ccc(F)cc2C(F)(F)F)CC1. The molecule has 0 saturated heterocycles. The minimum Gasteiger partial charge on any atom is -0.211 e. The molecule has 17 heavy (non-hydrogen) atoms. The summed E-state index contributed by atoms with van der Waals surface area (Å²) in [5.74, 6) is -0.966. The van der Waals surface area contributed by atoms with Gasteiger partial charge in [0.1, 0.15) is 5.82 Å². The number of aliphatic imine (C=N–C) groups is 1. The van der Waals surface area contributed by atoms with Crippen molar-refractivity contribution in [2.24, 2.45) is 4.99 Å². The summed E-state index contributed by atoms with van der Waals surface area (Å²) in [6.45, 7) is 0. The molecule has 0 atom stereocenters. The molecule has 1 aliphatic rings. The Balaban J connectivity index is 2.59. The van der Waals surface area contributed by atoms with Crippen LogP contribution >= 0.6 is 0 Å². The van der Waals surface area contributed by atoms with Crippen molar-refractivity contribution in [2.45, 2.75) is 24.6 Å². The Kier molecular flexibility index (Phi) is 2.54. The molecule has 0 bridgehead atoms. The van der Waals surface area contributed by atoms with Crippen LogP contribution in [0.25, 0.3) is 0 Å². The highest BCUT2D eigenvalue weighted by Gasteiger charge is 2.50. The van der Waals surface area contributed by atoms with Gasteiger partial charge in [-0.3, -0.25) is 0 Å². The van der Waals surface area contributed by atoms with E-state index >= 15 is 0 Å². The van der Waals surface area contributed by atoms with Crippen molar-refractivity contribution in [2.75, 3.05) is 0 Å². The first kappa shape index (κ1) is 11.8. The van der Waals surface area contributed by atoms with E-state index in [-0.39, 0.29) is 5.56 Å². The van der Waals surface area contributed by atoms with Crippen molar-refractivity contribution in [3.05, 3.63) is 35.1 Å². The summed E-state index contributed by atoms with van der Waals surface area (Å²) in [5, 5.41) is 0. The summed E-state index contributed by atoms with van der Waals surface area (Å²) in [6.07, 6.45) is -2.70. The first-order valence-corrected chi connectivity index (χ1v) is 4.85. The molecule has 1 aromatic rings. The minimum absolute atomic E-state index is 0.158. The van der Waals surface area contributed by atoms with E-state index in [2.05, 4.69) is 4.99 Å². The molecular weight excluding hydrogens is 238 g/mol. The van der Waals surface area contributed by atoms with Gasteiger partial charge in [-0.05, 0) is 30.5 Å². The van der Waals surface area contributed by atoms with E-state index in [1.807, 2.05) is 0 Å². The van der Waals surface area contributed by atoms with E-state index in [1.54, 1.807) is 0 Å². The molecule has 0 amide bonds. The molecule has 6 heteroatoms. The molecule has 0 aromatic heterocycles. The van der Waals surface area contributed by atoms with Crippen LogP contribution in [0, 0.1) is 5.82 Å². The fourth-order valence-corrected chi connectivity index (χ4v) is 1.80. The van der Waals surface area contributed by atoms with Crippen molar-refractivity contribution in [3.63, 3.8) is 0 Å². The van der Waals surface area contributed by atoms with Crippen LogP contribution in [0.15, 0.2) is 23.2 Å². The van der Waals surface area contributed by atoms with Crippen LogP contribution < -0.4 is 0 Å². The zero-order chi connectivity index (χ0) is 12.7. The van der Waals surface area contributed by atoms with Crippen molar-refractivity contribution < 1.29 is 22.4 Å². The molecule has 0 unspecified atom stereocenters. The number of alkyl halides is 3. The van der Waals surface area contributed by atoms with Gasteiger partial charge in [0.05, 0.1) is 11.1 Å². The Hall–Kier alpha value is -1.68. The highest BCUT2D eigenvalue weighted by atomic mass is 19.4. The van der Waals surface area contributed by atoms with Crippen LogP contribution in [0.2, 0.25) is 0 Å². The maximum atomic E-state index is 12.9. The number of isocyanates is 1. The molecule has 0 radical (unpaired) electrons. The number of halogens is 4. The smallest absolute Gasteiger partial charge is 0.211 e. The van der Waals surface area contributed by atoms with Crippen molar-refractivity contribution in [3.8, 4) is 0 Å². The van der Waals surface area contributed by atoms with Gasteiger partial charge in [-0.2, -0.15) is 18.2 Å². The lowest BCUT2D eigenvalue weighted by Crippen LogP contribution is -2.15. The predicted octanol–water partition coefficient (Wildman–Crippen LogP) is 3.17. The topological polar surface area (TPSA) is 29.4 Å². The largest absolute Gasteiger partial charge is 0.416 e. The van der Waals surface area contributed by atoms with E-state index in [1.165, 1.54) is 6.08 Å². The number of hydrogen-bond donors (Lipinski definition) is 0. The Morgan fingerprint density at radius 3 is 2.41 bits per heavy atom. The van der Waals surface area contributed by atoms with E-state index in [0.29, 0.717) is 18.9 Å². The van der Waals surface area contributed by atoms with Gasteiger partial charge in [-0.25, -0.2) is 9.18 Å². The average Bonchev–Trinajstić information content (AvgIpc) is 2.98. The molecule has 0 aliphatic heterocycles. The lowest BCUT2D eigenvalue weighted by molar-refractivity contribution is -0.138. The van der Waals surface area contributed by atoms with Crippen molar-refractivity contribution >= 4 is 6.08 Å². The lowest BCUT2D eigenvalue weighted by atomic mass is 9.98. The van der Waals surface area contributed by atoms with Gasteiger partial charge in [0.15, 0.2) is 0 Å². The van der Waals surface area contributed by atoms with Crippen LogP contribution in [0.1, 0.15) is 24.0 Å². The van der Waals surface area contributed by atoms with E-state index in [0.717, 1.165) is 12.1 Å². The van der Waals surface area contributed by atoms with E-state index < -0.39 is 23.1 Å². The average molecular weight is 245 g/mol. The third kappa shape index (κ3) is 2.08. The first-order valence-electron chi connectivity index (χ1n) is 4.85. The van der Waals surface area contributed by atoms with E-state index in [9.17, 15) is 22.4 Å². The number of hydrogen-bond acceptors (Lipinski definition) is 2. The van der Waals surface area contributed by atoms with E-state index in [4.69, 9.17) is 0 Å². The van der Waals surface area contributed by atoms with Gasteiger partial charge in [-0.15, -0.1) is 0 Å². The van der Waals surface area contributed by atoms with Gasteiger partial charge in [0.2, 0.25) is 6.08 Å². The fraction of sp³-hybridized carbons (Fsp3) is 0.364. The standard InChI is InChI=1S/C11H7F4NO/c12-7-1-2-8(9(5-7)11(13,14)15)10(3-4-10)16-6-17/h1-2,5H,3-4H2. The second kappa shape index (κ2) is 3.67. The molecule has 2 nitrogen and oxygen atoms in total. The van der Waals surface area contributed by atoms with Crippen molar-refractivity contribution in [1.29, 1.82) is 0 Å². The van der Waals surface area contributed by atoms with Crippen LogP contribution in [0.4, 0.5) is 17.6 Å². The Morgan fingerprint density at radius 2 is 1.94 bits per heavy atom. The quantitative estimate of drug-likeness (QED) is 0.447. The fourth-order valence-electron chi connectivity index (χ4n) is 1.80. The minimum atomic E-state index is -4.66. The summed E-state index contributed by atoms with van der Waals surface area (Å²) in [7, 11) is 0. The third-order valence-corrected chi connectivity index (χ3v) is 2.77. The maximum absolute atomic E-state index is 12.9. The monoisotopic (exact) mass is 245 g/mol. The highest BCUT2D eigenvalue weighted by Crippen LogP contribution is 2.52. The molecule has 0 heterocycles. The van der Waals surface area contributed by atoms with Gasteiger partial charge in [0, 0.05) is 0 Å². The Morgan fingerprint density at radius 1 is 1.29 bits per heavy atom. The number of benzene rings is 1. The lowest BCUT2D eigenvalue weighted by Gasteiger charge is -2.16. The summed E-state index contributed by atoms with van der Waals surface area (Å²) in [4.78, 5) is 13.6. The summed E-state index contributed by atoms with van der Waals surface area (Å²) >= 11 is 0. The van der Waals surface area contributed by atoms with Gasteiger partial charge in [0.25, 0.3) is 0 Å². The molecule has 0 spiro atoms. The van der Waals surface area contributed by atoms with Gasteiger partial charge < -0.3 is 0 Å². The van der Waals surface area contributed by atoms with Crippen LogP contribution in [-0.4, -0.2) is 6.08 Å². The zero-order valence-corrected chi connectivity index (χ0v) is 8.51. The van der Waals surface area contributed by atoms with Crippen molar-refractivity contribution in [1.82, 2.24) is 0 Å². The molecule has 1 saturated carbocycles. The van der Waals surface area contributed by atoms with Gasteiger partial charge in [-0.1, -0.05) is 6.07 Å². The summed E-state index contributed by atoms with van der Waals surface area (Å²) < 4.78 is 51.0. The molecule has 2 rings (SSSR count). The molecule has 0 N–H and O–H groups in total. The predicted molar refractivity (Wildman–Crippen MR) is 50.4 cm³/mol. The second-order valence-corrected chi connectivity index (χ2v) is 3.92. The Labute approximate surface area is 94.0 Å². The molecule has 1 aliphatic carbocycles. The molecule has 90 valence electrons. The summed E-state index contributed by atoms with van der Waals surface area (Å²) in [6, 6.07) is 2.40. The van der Waals surface area contributed by atoms with Crippen LogP contribution in [0.5, 0.6) is 0 Å². The number of carbonyl (C=O) groups excluding carboxylic acids is 1. The molecule has 1 fully saturated rings. The normalized spacial score (nSPS) is 17.4. The van der Waals surface area contributed by atoms with Crippen LogP contribution in [-0.2, 0) is 16.5 Å². The number of nitrogens with zero attached hydrogens (tertiary/aromatic N) is 1. The molecule has 1 aromatic carbocycles. The first-order chi connectivity index (χ1) is 7.89.